The zero-order valence-corrected chi connectivity index (χ0v) is 23.6. The molecule has 3 heterocycles. The number of aliphatic carboxylic acids is 1. The van der Waals surface area contributed by atoms with Crippen LogP contribution in [0.15, 0.2) is 59.9 Å². The summed E-state index contributed by atoms with van der Waals surface area (Å²) in [6.45, 7) is 2.92. The molecule has 11 nitrogen and oxygen atoms in total. The van der Waals surface area contributed by atoms with E-state index in [9.17, 15) is 43.5 Å². The van der Waals surface area contributed by atoms with E-state index in [1.165, 1.54) is 6.33 Å². The molecule has 2 aromatic carbocycles. The molecule has 0 spiro atoms. The van der Waals surface area contributed by atoms with Crippen molar-refractivity contribution in [2.24, 2.45) is 0 Å². The molecule has 0 radical (unpaired) electrons. The molecule has 0 unspecified atom stereocenters. The summed E-state index contributed by atoms with van der Waals surface area (Å²) in [7, 11) is -4.81. The number of sulfonamides is 1. The van der Waals surface area contributed by atoms with E-state index in [0.29, 0.717) is 53.6 Å². The predicted molar refractivity (Wildman–Crippen MR) is 145 cm³/mol. The summed E-state index contributed by atoms with van der Waals surface area (Å²) in [6.07, 6.45) is -7.77. The number of ether oxygens (including phenoxy) is 1. The van der Waals surface area contributed by atoms with Crippen molar-refractivity contribution in [3.05, 3.63) is 66.6 Å². The fourth-order valence-corrected chi connectivity index (χ4v) is 5.23. The molecule has 1 aliphatic rings. The molecule has 46 heavy (non-hydrogen) atoms. The van der Waals surface area contributed by atoms with E-state index in [1.54, 1.807) is 18.2 Å². The van der Waals surface area contributed by atoms with Crippen LogP contribution in [0.4, 0.5) is 46.6 Å². The molecule has 1 fully saturated rings. The summed E-state index contributed by atoms with van der Waals surface area (Å²) in [5.74, 6) is -5.66. The minimum Gasteiger partial charge on any atom is -0.475 e. The topological polar surface area (TPSA) is 147 Å². The smallest absolute Gasteiger partial charge is 0.475 e. The SMILES string of the molecule is O=C(O)C(F)(F)F.O=S(=O)(Nc1cc(-c2ccc3ncnc(N4CCNCC4)c3c2)cnc1OC(F)(F)F)c1ccc(F)cc1F. The van der Waals surface area contributed by atoms with Crippen LogP contribution in [0.1, 0.15) is 0 Å². The summed E-state index contributed by atoms with van der Waals surface area (Å²) in [4.78, 5) is 22.3. The van der Waals surface area contributed by atoms with Crippen LogP contribution in [0.5, 0.6) is 5.88 Å². The third-order valence-corrected chi connectivity index (χ3v) is 7.50. The first kappa shape index (κ1) is 34.0. The van der Waals surface area contributed by atoms with E-state index < -0.39 is 56.6 Å². The van der Waals surface area contributed by atoms with Crippen LogP contribution in [0.2, 0.25) is 0 Å². The van der Waals surface area contributed by atoms with E-state index in [4.69, 9.17) is 9.90 Å². The number of hydrogen-bond acceptors (Lipinski definition) is 9. The Kier molecular flexibility index (Phi) is 9.80. The largest absolute Gasteiger partial charge is 0.574 e. The van der Waals surface area contributed by atoms with Gasteiger partial charge in [0.05, 0.1) is 5.52 Å². The van der Waals surface area contributed by atoms with Crippen molar-refractivity contribution in [3.8, 4) is 17.0 Å². The summed E-state index contributed by atoms with van der Waals surface area (Å²) in [5, 5.41) is 11.0. The van der Waals surface area contributed by atoms with Gasteiger partial charge in [-0.2, -0.15) is 13.2 Å². The Bertz CT molecular complexity index is 1850. The fraction of sp³-hybridized carbons (Fsp3) is 0.231. The number of carboxylic acid groups (broad SMARTS) is 1. The number of aromatic nitrogens is 3. The summed E-state index contributed by atoms with van der Waals surface area (Å²) in [5.41, 5.74) is 0.604. The third kappa shape index (κ3) is 8.44. The number of fused-ring (bicyclic) bond motifs is 1. The van der Waals surface area contributed by atoms with Crippen molar-refractivity contribution in [1.29, 1.82) is 0 Å². The molecule has 0 amide bonds. The standard InChI is InChI=1S/C24H19F5N6O3S.C2HF3O2/c25-16-2-4-21(18(26)11-16)39(36,37)34-20-10-15(12-31-23(20)38-24(27,28)29)14-1-3-19-17(9-14)22(33-13-32-19)35-7-5-30-6-8-35;3-2(4,5)1(6)7/h1-4,9-13,30,34H,5-8H2;(H,6,7). The first-order valence-corrected chi connectivity index (χ1v) is 14.2. The van der Waals surface area contributed by atoms with Gasteiger partial charge in [-0.15, -0.1) is 13.2 Å². The molecule has 3 N–H and O–H groups in total. The number of nitrogens with one attached hydrogen (secondary N) is 2. The highest BCUT2D eigenvalue weighted by atomic mass is 32.2. The second-order valence-corrected chi connectivity index (χ2v) is 10.9. The van der Waals surface area contributed by atoms with Gasteiger partial charge in [-0.1, -0.05) is 6.07 Å². The van der Waals surface area contributed by atoms with Crippen molar-refractivity contribution in [2.75, 3.05) is 35.8 Å². The maximum absolute atomic E-state index is 14.2. The van der Waals surface area contributed by atoms with Crippen LogP contribution < -0.4 is 19.7 Å². The molecule has 0 atom stereocenters. The Balaban J connectivity index is 0.000000617. The Morgan fingerprint density at radius 3 is 2.22 bits per heavy atom. The van der Waals surface area contributed by atoms with Gasteiger partial charge in [0.25, 0.3) is 10.0 Å². The van der Waals surface area contributed by atoms with Gasteiger partial charge in [-0.3, -0.25) is 4.72 Å². The van der Waals surface area contributed by atoms with Crippen molar-refractivity contribution < 1.29 is 58.2 Å². The van der Waals surface area contributed by atoms with Gasteiger partial charge in [0.2, 0.25) is 5.88 Å². The first-order chi connectivity index (χ1) is 21.4. The molecule has 4 aromatic rings. The highest BCUT2D eigenvalue weighted by Gasteiger charge is 2.38. The Morgan fingerprint density at radius 1 is 0.935 bits per heavy atom. The molecular formula is C26H20F8N6O5S. The van der Waals surface area contributed by atoms with Crippen LogP contribution in [-0.4, -0.2) is 73.2 Å². The van der Waals surface area contributed by atoms with Crippen molar-refractivity contribution in [2.45, 2.75) is 17.4 Å². The monoisotopic (exact) mass is 680 g/mol. The Labute approximate surface area is 253 Å². The van der Waals surface area contributed by atoms with Gasteiger partial charge in [0.1, 0.15) is 34.4 Å². The average molecular weight is 681 g/mol. The predicted octanol–water partition coefficient (Wildman–Crippen LogP) is 4.71. The number of halogens is 8. The number of alkyl halides is 6. The van der Waals surface area contributed by atoms with E-state index in [-0.39, 0.29) is 5.56 Å². The van der Waals surface area contributed by atoms with Crippen LogP contribution in [0.3, 0.4) is 0 Å². The number of anilines is 2. The average Bonchev–Trinajstić information content (AvgIpc) is 2.96. The fourth-order valence-electron chi connectivity index (χ4n) is 4.12. The maximum atomic E-state index is 14.2. The minimum atomic E-state index is -5.20. The van der Waals surface area contributed by atoms with Crippen molar-refractivity contribution in [1.82, 2.24) is 20.3 Å². The number of nitrogens with zero attached hydrogens (tertiary/aromatic N) is 4. The number of piperazine rings is 1. The highest BCUT2D eigenvalue weighted by Crippen LogP contribution is 2.35. The molecule has 5 rings (SSSR count). The van der Waals surface area contributed by atoms with E-state index in [0.717, 1.165) is 25.4 Å². The molecule has 20 heteroatoms. The van der Waals surface area contributed by atoms with Gasteiger partial charge in [-0.05, 0) is 35.9 Å². The van der Waals surface area contributed by atoms with Gasteiger partial charge in [0.15, 0.2) is 0 Å². The van der Waals surface area contributed by atoms with E-state index in [2.05, 4.69) is 29.9 Å². The van der Waals surface area contributed by atoms with Crippen molar-refractivity contribution in [3.63, 3.8) is 0 Å². The highest BCUT2D eigenvalue weighted by molar-refractivity contribution is 7.92. The second-order valence-electron chi connectivity index (χ2n) is 9.27. The van der Waals surface area contributed by atoms with Gasteiger partial charge >= 0.3 is 18.5 Å². The Morgan fingerprint density at radius 2 is 1.61 bits per heavy atom. The lowest BCUT2D eigenvalue weighted by Crippen LogP contribution is -2.44. The summed E-state index contributed by atoms with van der Waals surface area (Å²) in [6, 6.07) is 7.80. The number of carboxylic acids is 1. The summed E-state index contributed by atoms with van der Waals surface area (Å²) >= 11 is 0. The van der Waals surface area contributed by atoms with Gasteiger partial charge in [-0.25, -0.2) is 36.9 Å². The van der Waals surface area contributed by atoms with Crippen LogP contribution in [0.25, 0.3) is 22.0 Å². The number of carbonyl (C=O) groups is 1. The third-order valence-electron chi connectivity index (χ3n) is 6.10. The minimum absolute atomic E-state index is 0.221. The number of pyridine rings is 1. The lowest BCUT2D eigenvalue weighted by Gasteiger charge is -2.29. The zero-order chi connectivity index (χ0) is 33.9. The lowest BCUT2D eigenvalue weighted by atomic mass is 10.0. The first-order valence-electron chi connectivity index (χ1n) is 12.7. The number of benzene rings is 2. The molecule has 0 saturated carbocycles. The molecule has 2 aromatic heterocycles. The van der Waals surface area contributed by atoms with Crippen molar-refractivity contribution >= 4 is 38.4 Å². The lowest BCUT2D eigenvalue weighted by molar-refractivity contribution is -0.275. The second kappa shape index (κ2) is 13.3. The summed E-state index contributed by atoms with van der Waals surface area (Å²) < 4.78 is 130. The van der Waals surface area contributed by atoms with Crippen LogP contribution >= 0.6 is 0 Å². The quantitative estimate of drug-likeness (QED) is 0.245. The number of hydrogen-bond donors (Lipinski definition) is 3. The van der Waals surface area contributed by atoms with Gasteiger partial charge < -0.3 is 20.1 Å². The molecule has 0 bridgehead atoms. The van der Waals surface area contributed by atoms with Crippen LogP contribution in [-0.2, 0) is 14.8 Å². The maximum Gasteiger partial charge on any atom is 0.574 e. The number of rotatable bonds is 6. The molecule has 1 saturated heterocycles. The van der Waals surface area contributed by atoms with E-state index in [1.807, 2.05) is 4.72 Å². The molecule has 0 aliphatic carbocycles. The molecule has 1 aliphatic heterocycles. The zero-order valence-electron chi connectivity index (χ0n) is 22.8. The molecular weight excluding hydrogens is 660 g/mol. The van der Waals surface area contributed by atoms with Crippen LogP contribution in [0, 0.1) is 11.6 Å². The Hall–Kier alpha value is -4.85. The normalized spacial score (nSPS) is 14.0. The van der Waals surface area contributed by atoms with E-state index >= 15 is 0 Å². The molecule has 246 valence electrons. The van der Waals surface area contributed by atoms with Gasteiger partial charge in [0, 0.05) is 49.4 Å².